The van der Waals surface area contributed by atoms with Crippen molar-refractivity contribution in [3.63, 3.8) is 0 Å². The highest BCUT2D eigenvalue weighted by atomic mass is 16.5. The van der Waals surface area contributed by atoms with Gasteiger partial charge in [-0.1, -0.05) is 32.1 Å². The van der Waals surface area contributed by atoms with Crippen LogP contribution in [0.25, 0.3) is 0 Å². The van der Waals surface area contributed by atoms with E-state index in [9.17, 15) is 20.1 Å². The van der Waals surface area contributed by atoms with Crippen LogP contribution in [0.5, 0.6) is 23.0 Å². The molecule has 1 heterocycles. The Morgan fingerprint density at radius 2 is 1.84 bits per heavy atom. The standard InChI is InChI=1S/C20H20O5/c1-4-20(2,3)18-14(23)10-16-17(19(18)24)13(22)9-15(25-16)11-5-7-12(21)8-6-11/h4-8,10,15,21,23-24H,1,9H2,2-3H3/t15-/m0/s1. The average molecular weight is 340 g/mol. The Bertz CT molecular complexity index is 849. The fourth-order valence-electron chi connectivity index (χ4n) is 3.07. The van der Waals surface area contributed by atoms with Crippen LogP contribution in [-0.2, 0) is 5.41 Å². The zero-order valence-corrected chi connectivity index (χ0v) is 14.1. The first-order valence-corrected chi connectivity index (χ1v) is 7.96. The molecule has 25 heavy (non-hydrogen) atoms. The second-order valence-corrected chi connectivity index (χ2v) is 6.74. The zero-order valence-electron chi connectivity index (χ0n) is 14.1. The van der Waals surface area contributed by atoms with E-state index in [0.29, 0.717) is 0 Å². The van der Waals surface area contributed by atoms with Gasteiger partial charge in [-0.3, -0.25) is 4.79 Å². The van der Waals surface area contributed by atoms with Crippen LogP contribution in [0.2, 0.25) is 0 Å². The normalized spacial score (nSPS) is 16.9. The second kappa shape index (κ2) is 5.84. The summed E-state index contributed by atoms with van der Waals surface area (Å²) in [6.45, 7) is 7.29. The van der Waals surface area contributed by atoms with Gasteiger partial charge in [0, 0.05) is 17.0 Å². The molecule has 0 bridgehead atoms. The smallest absolute Gasteiger partial charge is 0.174 e. The van der Waals surface area contributed by atoms with Crippen molar-refractivity contribution in [2.75, 3.05) is 0 Å². The van der Waals surface area contributed by atoms with Crippen molar-refractivity contribution in [3.8, 4) is 23.0 Å². The Morgan fingerprint density at radius 1 is 1.20 bits per heavy atom. The lowest BCUT2D eigenvalue weighted by atomic mass is 9.81. The number of hydrogen-bond donors (Lipinski definition) is 3. The van der Waals surface area contributed by atoms with Crippen molar-refractivity contribution in [1.29, 1.82) is 0 Å². The molecule has 0 saturated heterocycles. The average Bonchev–Trinajstić information content (AvgIpc) is 2.54. The number of carbonyl (C=O) groups excluding carboxylic acids is 1. The molecule has 2 aromatic carbocycles. The minimum Gasteiger partial charge on any atom is -0.508 e. The lowest BCUT2D eigenvalue weighted by Crippen LogP contribution is -2.22. The maximum absolute atomic E-state index is 12.6. The van der Waals surface area contributed by atoms with Crippen molar-refractivity contribution < 1.29 is 24.9 Å². The van der Waals surface area contributed by atoms with Gasteiger partial charge in [-0.05, 0) is 17.7 Å². The molecule has 0 aromatic heterocycles. The molecule has 5 heteroatoms. The summed E-state index contributed by atoms with van der Waals surface area (Å²) >= 11 is 0. The minimum absolute atomic E-state index is 0.0596. The highest BCUT2D eigenvalue weighted by Crippen LogP contribution is 2.48. The predicted molar refractivity (Wildman–Crippen MR) is 93.4 cm³/mol. The first kappa shape index (κ1) is 16.9. The molecule has 0 fully saturated rings. The molecule has 0 aliphatic carbocycles. The third-order valence-electron chi connectivity index (χ3n) is 4.58. The Hall–Kier alpha value is -2.95. The number of phenols is 3. The monoisotopic (exact) mass is 340 g/mol. The van der Waals surface area contributed by atoms with E-state index in [4.69, 9.17) is 4.74 Å². The molecule has 5 nitrogen and oxygen atoms in total. The van der Waals surface area contributed by atoms with Gasteiger partial charge in [-0.25, -0.2) is 0 Å². The molecule has 1 aliphatic heterocycles. The van der Waals surface area contributed by atoms with Crippen molar-refractivity contribution in [3.05, 3.63) is 59.7 Å². The zero-order chi connectivity index (χ0) is 18.4. The molecule has 0 spiro atoms. The molecule has 1 atom stereocenters. The van der Waals surface area contributed by atoms with E-state index in [1.165, 1.54) is 18.2 Å². The number of phenolic OH excluding ortho intramolecular Hbond substituents is 3. The number of hydrogen-bond acceptors (Lipinski definition) is 5. The summed E-state index contributed by atoms with van der Waals surface area (Å²) in [6.07, 6.45) is 1.11. The highest BCUT2D eigenvalue weighted by molar-refractivity contribution is 6.03. The molecule has 0 saturated carbocycles. The third kappa shape index (κ3) is 2.82. The summed E-state index contributed by atoms with van der Waals surface area (Å²) in [6, 6.07) is 7.74. The van der Waals surface area contributed by atoms with Gasteiger partial charge in [0.15, 0.2) is 5.78 Å². The number of carbonyl (C=O) groups is 1. The van der Waals surface area contributed by atoms with Gasteiger partial charge >= 0.3 is 0 Å². The number of fused-ring (bicyclic) bond motifs is 1. The van der Waals surface area contributed by atoms with E-state index in [1.807, 2.05) is 0 Å². The van der Waals surface area contributed by atoms with Crippen molar-refractivity contribution >= 4 is 5.78 Å². The summed E-state index contributed by atoms with van der Waals surface area (Å²) in [5.74, 6) is -0.418. The first-order valence-electron chi connectivity index (χ1n) is 7.96. The van der Waals surface area contributed by atoms with Gasteiger partial charge in [-0.2, -0.15) is 0 Å². The van der Waals surface area contributed by atoms with E-state index in [-0.39, 0.29) is 46.3 Å². The third-order valence-corrected chi connectivity index (χ3v) is 4.58. The van der Waals surface area contributed by atoms with E-state index < -0.39 is 11.5 Å². The molecule has 3 rings (SSSR count). The Kier molecular flexibility index (Phi) is 3.95. The van der Waals surface area contributed by atoms with Crippen LogP contribution in [-0.4, -0.2) is 21.1 Å². The SMILES string of the molecule is C=CC(C)(C)c1c(O)cc2c(c1O)C(=O)C[C@@H](c1ccc(O)cc1)O2. The molecule has 0 unspecified atom stereocenters. The number of allylic oxidation sites excluding steroid dienone is 1. The first-order chi connectivity index (χ1) is 11.7. The summed E-state index contributed by atoms with van der Waals surface area (Å²) in [4.78, 5) is 12.6. The molecule has 0 radical (unpaired) electrons. The van der Waals surface area contributed by atoms with Gasteiger partial charge in [-0.15, -0.1) is 6.58 Å². The molecule has 2 aromatic rings. The molecule has 130 valence electrons. The molecule has 3 N–H and O–H groups in total. The van der Waals surface area contributed by atoms with E-state index in [1.54, 1.807) is 32.1 Å². The fourth-order valence-corrected chi connectivity index (χ4v) is 3.07. The minimum atomic E-state index is -0.711. The fraction of sp³-hybridized carbons (Fsp3) is 0.250. The van der Waals surface area contributed by atoms with Crippen molar-refractivity contribution in [1.82, 2.24) is 0 Å². The Balaban J connectivity index is 2.07. The van der Waals surface area contributed by atoms with Crippen molar-refractivity contribution in [2.24, 2.45) is 0 Å². The number of ether oxygens (including phenoxy) is 1. The van der Waals surface area contributed by atoms with E-state index >= 15 is 0 Å². The number of rotatable bonds is 3. The van der Waals surface area contributed by atoms with Crippen LogP contribution in [0.15, 0.2) is 43.0 Å². The van der Waals surface area contributed by atoms with Gasteiger partial charge in [0.05, 0.1) is 6.42 Å². The Morgan fingerprint density at radius 3 is 2.44 bits per heavy atom. The van der Waals surface area contributed by atoms with Crippen LogP contribution in [0.4, 0.5) is 0 Å². The highest BCUT2D eigenvalue weighted by Gasteiger charge is 2.35. The van der Waals surface area contributed by atoms with Gasteiger partial charge in [0.1, 0.15) is 34.7 Å². The predicted octanol–water partition coefficient (Wildman–Crippen LogP) is 3.97. The molecule has 1 aliphatic rings. The number of Topliss-reactive ketones (excluding diaryl/α,β-unsaturated/α-hetero) is 1. The van der Waals surface area contributed by atoms with E-state index in [0.717, 1.165) is 5.56 Å². The van der Waals surface area contributed by atoms with Gasteiger partial charge in [0.2, 0.25) is 0 Å². The molecular weight excluding hydrogens is 320 g/mol. The maximum Gasteiger partial charge on any atom is 0.174 e. The quantitative estimate of drug-likeness (QED) is 0.736. The van der Waals surface area contributed by atoms with Crippen LogP contribution in [0.3, 0.4) is 0 Å². The number of ketones is 1. The summed E-state index contributed by atoms with van der Waals surface area (Å²) in [5, 5.41) is 30.4. The number of aromatic hydroxyl groups is 3. The summed E-state index contributed by atoms with van der Waals surface area (Å²) < 4.78 is 5.84. The van der Waals surface area contributed by atoms with E-state index in [2.05, 4.69) is 6.58 Å². The van der Waals surface area contributed by atoms with Gasteiger partial charge in [0.25, 0.3) is 0 Å². The van der Waals surface area contributed by atoms with Crippen LogP contribution in [0, 0.1) is 0 Å². The topological polar surface area (TPSA) is 87.0 Å². The Labute approximate surface area is 145 Å². The number of benzene rings is 2. The summed E-state index contributed by atoms with van der Waals surface area (Å²) in [7, 11) is 0. The van der Waals surface area contributed by atoms with Crippen LogP contribution < -0.4 is 4.74 Å². The lowest BCUT2D eigenvalue weighted by Gasteiger charge is -2.30. The molecular formula is C20H20O5. The molecule has 0 amide bonds. The van der Waals surface area contributed by atoms with Gasteiger partial charge < -0.3 is 20.1 Å². The largest absolute Gasteiger partial charge is 0.508 e. The van der Waals surface area contributed by atoms with Crippen LogP contribution in [0.1, 0.15) is 47.9 Å². The second-order valence-electron chi connectivity index (χ2n) is 6.74. The summed E-state index contributed by atoms with van der Waals surface area (Å²) in [5.41, 5.74) is 0.349. The van der Waals surface area contributed by atoms with Crippen molar-refractivity contribution in [2.45, 2.75) is 31.8 Å². The maximum atomic E-state index is 12.6. The lowest BCUT2D eigenvalue weighted by molar-refractivity contribution is 0.0844. The van der Waals surface area contributed by atoms with Crippen LogP contribution >= 0.6 is 0 Å².